The average molecular weight is 300 g/mol. The van der Waals surface area contributed by atoms with E-state index >= 15 is 0 Å². The van der Waals surface area contributed by atoms with E-state index in [2.05, 4.69) is 24.2 Å². The smallest absolute Gasteiger partial charge is 0.0741 e. The highest BCUT2D eigenvalue weighted by molar-refractivity contribution is 6.31. The number of hydrogen-bond donors (Lipinski definition) is 1. The number of rotatable bonds is 4. The number of nitrogens with zero attached hydrogens (tertiary/aromatic N) is 2. The molecule has 0 amide bonds. The third-order valence-corrected chi connectivity index (χ3v) is 4.12. The van der Waals surface area contributed by atoms with Crippen molar-refractivity contribution in [3.63, 3.8) is 0 Å². The van der Waals surface area contributed by atoms with Gasteiger partial charge in [0, 0.05) is 16.5 Å². The maximum atomic E-state index is 6.40. The Morgan fingerprint density at radius 1 is 1.24 bits per heavy atom. The summed E-state index contributed by atoms with van der Waals surface area (Å²) >= 11 is 6.40. The first-order chi connectivity index (χ1) is 10.2. The van der Waals surface area contributed by atoms with E-state index in [4.69, 9.17) is 17.3 Å². The first-order valence-electron chi connectivity index (χ1n) is 7.16. The Labute approximate surface area is 129 Å². The lowest BCUT2D eigenvalue weighted by molar-refractivity contribution is 0.646. The molecule has 0 saturated carbocycles. The van der Waals surface area contributed by atoms with Crippen molar-refractivity contribution in [3.8, 4) is 5.69 Å². The lowest BCUT2D eigenvalue weighted by atomic mass is 10.0. The highest BCUT2D eigenvalue weighted by Gasteiger charge is 2.09. The SMILES string of the molecule is CCC(N)Cc1ccc(-n2ncc3ccccc32)cc1Cl. The van der Waals surface area contributed by atoms with Crippen molar-refractivity contribution in [2.24, 2.45) is 5.73 Å². The van der Waals surface area contributed by atoms with Gasteiger partial charge in [-0.3, -0.25) is 0 Å². The molecule has 108 valence electrons. The number of hydrogen-bond acceptors (Lipinski definition) is 2. The van der Waals surface area contributed by atoms with Gasteiger partial charge in [-0.25, -0.2) is 4.68 Å². The minimum absolute atomic E-state index is 0.152. The third-order valence-electron chi connectivity index (χ3n) is 3.76. The van der Waals surface area contributed by atoms with Crippen molar-refractivity contribution in [1.82, 2.24) is 9.78 Å². The largest absolute Gasteiger partial charge is 0.327 e. The van der Waals surface area contributed by atoms with Gasteiger partial charge < -0.3 is 5.73 Å². The molecule has 3 rings (SSSR count). The lowest BCUT2D eigenvalue weighted by Crippen LogP contribution is -2.21. The Bertz CT molecular complexity index is 764. The zero-order chi connectivity index (χ0) is 14.8. The van der Waals surface area contributed by atoms with Crippen LogP contribution in [-0.4, -0.2) is 15.8 Å². The van der Waals surface area contributed by atoms with Crippen LogP contribution in [0.5, 0.6) is 0 Å². The van der Waals surface area contributed by atoms with Gasteiger partial charge in [-0.2, -0.15) is 5.10 Å². The van der Waals surface area contributed by atoms with Crippen LogP contribution in [0.3, 0.4) is 0 Å². The van der Waals surface area contributed by atoms with Crippen LogP contribution in [-0.2, 0) is 6.42 Å². The summed E-state index contributed by atoms with van der Waals surface area (Å²) in [6, 6.07) is 14.3. The normalized spacial score (nSPS) is 12.7. The maximum absolute atomic E-state index is 6.40. The number of para-hydroxylation sites is 1. The molecule has 0 bridgehead atoms. The molecular weight excluding hydrogens is 282 g/mol. The van der Waals surface area contributed by atoms with E-state index in [1.54, 1.807) is 0 Å². The van der Waals surface area contributed by atoms with E-state index in [1.165, 1.54) is 0 Å². The number of aromatic nitrogens is 2. The topological polar surface area (TPSA) is 43.8 Å². The molecule has 2 aromatic carbocycles. The van der Waals surface area contributed by atoms with Gasteiger partial charge in [0.1, 0.15) is 0 Å². The van der Waals surface area contributed by atoms with Gasteiger partial charge in [-0.1, -0.05) is 42.8 Å². The summed E-state index contributed by atoms with van der Waals surface area (Å²) < 4.78 is 1.91. The molecule has 1 aromatic heterocycles. The summed E-state index contributed by atoms with van der Waals surface area (Å²) in [5, 5.41) is 6.31. The second kappa shape index (κ2) is 5.88. The molecule has 1 atom stereocenters. The van der Waals surface area contributed by atoms with E-state index in [9.17, 15) is 0 Å². The first kappa shape index (κ1) is 14.1. The molecule has 0 aliphatic heterocycles. The minimum Gasteiger partial charge on any atom is -0.327 e. The zero-order valence-electron chi connectivity index (χ0n) is 12.0. The van der Waals surface area contributed by atoms with Crippen LogP contribution >= 0.6 is 11.6 Å². The fraction of sp³-hybridized carbons (Fsp3) is 0.235. The molecule has 0 fully saturated rings. The summed E-state index contributed by atoms with van der Waals surface area (Å²) in [7, 11) is 0. The van der Waals surface area contributed by atoms with E-state index in [1.807, 2.05) is 41.2 Å². The fourth-order valence-corrected chi connectivity index (χ4v) is 2.69. The number of halogens is 1. The average Bonchev–Trinajstić information content (AvgIpc) is 2.93. The fourth-order valence-electron chi connectivity index (χ4n) is 2.44. The van der Waals surface area contributed by atoms with Gasteiger partial charge in [0.2, 0.25) is 0 Å². The van der Waals surface area contributed by atoms with Crippen LogP contribution in [0.2, 0.25) is 5.02 Å². The molecule has 0 radical (unpaired) electrons. The zero-order valence-corrected chi connectivity index (χ0v) is 12.7. The first-order valence-corrected chi connectivity index (χ1v) is 7.54. The molecular formula is C17H18ClN3. The van der Waals surface area contributed by atoms with Crippen molar-refractivity contribution < 1.29 is 0 Å². The molecule has 1 heterocycles. The Morgan fingerprint density at radius 3 is 2.81 bits per heavy atom. The minimum atomic E-state index is 0.152. The van der Waals surface area contributed by atoms with Crippen molar-refractivity contribution in [3.05, 3.63) is 59.2 Å². The second-order valence-electron chi connectivity index (χ2n) is 5.26. The highest BCUT2D eigenvalue weighted by atomic mass is 35.5. The van der Waals surface area contributed by atoms with Crippen LogP contribution in [0.1, 0.15) is 18.9 Å². The van der Waals surface area contributed by atoms with Gasteiger partial charge >= 0.3 is 0 Å². The molecule has 0 spiro atoms. The van der Waals surface area contributed by atoms with Crippen molar-refractivity contribution in [2.45, 2.75) is 25.8 Å². The molecule has 4 heteroatoms. The van der Waals surface area contributed by atoms with Gasteiger partial charge in [-0.15, -0.1) is 0 Å². The van der Waals surface area contributed by atoms with Gasteiger partial charge in [0.25, 0.3) is 0 Å². The van der Waals surface area contributed by atoms with E-state index in [0.717, 1.165) is 40.0 Å². The lowest BCUT2D eigenvalue weighted by Gasteiger charge is -2.12. The van der Waals surface area contributed by atoms with Crippen molar-refractivity contribution in [1.29, 1.82) is 0 Å². The number of fused-ring (bicyclic) bond motifs is 1. The molecule has 21 heavy (non-hydrogen) atoms. The Balaban J connectivity index is 1.98. The van der Waals surface area contributed by atoms with Crippen LogP contribution in [0.25, 0.3) is 16.6 Å². The molecule has 3 nitrogen and oxygen atoms in total. The van der Waals surface area contributed by atoms with Gasteiger partial charge in [0.15, 0.2) is 0 Å². The summed E-state index contributed by atoms with van der Waals surface area (Å²) in [4.78, 5) is 0. The second-order valence-corrected chi connectivity index (χ2v) is 5.67. The monoisotopic (exact) mass is 299 g/mol. The third kappa shape index (κ3) is 2.80. The van der Waals surface area contributed by atoms with Crippen LogP contribution in [0.15, 0.2) is 48.7 Å². The Hall–Kier alpha value is -1.84. The van der Waals surface area contributed by atoms with Crippen LogP contribution in [0, 0.1) is 0 Å². The molecule has 2 N–H and O–H groups in total. The quantitative estimate of drug-likeness (QED) is 0.792. The number of nitrogens with two attached hydrogens (primary N) is 1. The Morgan fingerprint density at radius 2 is 2.05 bits per heavy atom. The number of benzene rings is 2. The summed E-state index contributed by atoms with van der Waals surface area (Å²) in [6.07, 6.45) is 3.61. The molecule has 1 unspecified atom stereocenters. The van der Waals surface area contributed by atoms with Crippen LogP contribution in [0.4, 0.5) is 0 Å². The van der Waals surface area contributed by atoms with E-state index in [-0.39, 0.29) is 6.04 Å². The van der Waals surface area contributed by atoms with Crippen molar-refractivity contribution in [2.75, 3.05) is 0 Å². The predicted octanol–water partition coefficient (Wildman–Crippen LogP) is 3.96. The van der Waals surface area contributed by atoms with E-state index < -0.39 is 0 Å². The Kier molecular flexibility index (Phi) is 3.95. The standard InChI is InChI=1S/C17H18ClN3/c1-2-14(19)9-12-7-8-15(10-16(12)18)21-17-6-4-3-5-13(17)11-20-21/h3-8,10-11,14H,2,9,19H2,1H3. The van der Waals surface area contributed by atoms with Gasteiger partial charge in [-0.05, 0) is 36.6 Å². The summed E-state index contributed by atoms with van der Waals surface area (Å²) in [5.74, 6) is 0. The molecule has 3 aromatic rings. The molecule has 0 aliphatic rings. The van der Waals surface area contributed by atoms with Gasteiger partial charge in [0.05, 0.1) is 17.4 Å². The summed E-state index contributed by atoms with van der Waals surface area (Å²) in [6.45, 7) is 2.09. The maximum Gasteiger partial charge on any atom is 0.0741 e. The van der Waals surface area contributed by atoms with Crippen LogP contribution < -0.4 is 5.73 Å². The van der Waals surface area contributed by atoms with Crippen molar-refractivity contribution >= 4 is 22.5 Å². The summed E-state index contributed by atoms with van der Waals surface area (Å²) in [5.41, 5.74) is 9.14. The molecule has 0 aliphatic carbocycles. The van der Waals surface area contributed by atoms with E-state index in [0.29, 0.717) is 0 Å². The highest BCUT2D eigenvalue weighted by Crippen LogP contribution is 2.24. The molecule has 0 saturated heterocycles. The predicted molar refractivity (Wildman–Crippen MR) is 88.1 cm³/mol.